The molecule has 1 fully saturated rings. The molecule has 9 nitrogen and oxygen atoms in total. The van der Waals surface area contributed by atoms with Crippen LogP contribution >= 0.6 is 0 Å². The van der Waals surface area contributed by atoms with Gasteiger partial charge < -0.3 is 20.5 Å². The monoisotopic (exact) mass is 587 g/mol. The van der Waals surface area contributed by atoms with Crippen molar-refractivity contribution < 1.29 is 18.8 Å². The molecular formula is C32H37N5O4S. The second-order valence-corrected chi connectivity index (χ2v) is 13.8. The number of carbonyl (C=O) groups is 1. The summed E-state index contributed by atoms with van der Waals surface area (Å²) in [5.74, 6) is 6.47. The van der Waals surface area contributed by atoms with E-state index in [0.717, 1.165) is 32.4 Å². The van der Waals surface area contributed by atoms with Crippen molar-refractivity contribution in [3.05, 3.63) is 82.8 Å². The molecule has 2 unspecified atom stereocenters. The maximum atomic E-state index is 13.2. The van der Waals surface area contributed by atoms with E-state index < -0.39 is 16.9 Å². The van der Waals surface area contributed by atoms with Crippen LogP contribution in [0.2, 0.25) is 0 Å². The van der Waals surface area contributed by atoms with E-state index in [-0.39, 0.29) is 29.4 Å². The van der Waals surface area contributed by atoms with Gasteiger partial charge in [0.25, 0.3) is 0 Å². The van der Waals surface area contributed by atoms with Crippen molar-refractivity contribution in [1.82, 2.24) is 14.7 Å². The van der Waals surface area contributed by atoms with Gasteiger partial charge in [-0.3, -0.25) is 4.79 Å². The number of nitrogens with one attached hydrogen (secondary N) is 1. The minimum atomic E-state index is -1.19. The molecule has 2 atom stereocenters. The number of ether oxygens (including phenoxy) is 1. The number of anilines is 1. The quantitative estimate of drug-likeness (QED) is 0.361. The largest absolute Gasteiger partial charge is 0.481 e. The zero-order chi connectivity index (χ0) is 29.9. The molecule has 10 heteroatoms. The Morgan fingerprint density at radius 1 is 1.21 bits per heavy atom. The lowest BCUT2D eigenvalue weighted by molar-refractivity contribution is 0.1000. The number of aromatic nitrogens is 2. The molecule has 2 aromatic carbocycles. The Balaban J connectivity index is 1.26. The minimum absolute atomic E-state index is 0.0115. The van der Waals surface area contributed by atoms with E-state index in [2.05, 4.69) is 55.7 Å². The van der Waals surface area contributed by atoms with E-state index in [1.54, 1.807) is 30.5 Å². The maximum absolute atomic E-state index is 13.2. The van der Waals surface area contributed by atoms with Crippen molar-refractivity contribution in [2.24, 2.45) is 11.1 Å². The van der Waals surface area contributed by atoms with Crippen LogP contribution in [0.4, 0.5) is 5.82 Å². The number of piperidine rings is 1. The van der Waals surface area contributed by atoms with Crippen LogP contribution in [-0.2, 0) is 24.0 Å². The molecule has 220 valence electrons. The maximum Gasteiger partial charge on any atom is 0.248 e. The van der Waals surface area contributed by atoms with Crippen molar-refractivity contribution in [2.75, 3.05) is 24.6 Å². The van der Waals surface area contributed by atoms with Gasteiger partial charge in [-0.05, 0) is 80.7 Å². The summed E-state index contributed by atoms with van der Waals surface area (Å²) in [6, 6.07) is 15.1. The van der Waals surface area contributed by atoms with Crippen LogP contribution in [0.1, 0.15) is 72.5 Å². The molecule has 1 aromatic heterocycles. The van der Waals surface area contributed by atoms with Crippen LogP contribution in [0.25, 0.3) is 0 Å². The first-order chi connectivity index (χ1) is 20.1. The summed E-state index contributed by atoms with van der Waals surface area (Å²) < 4.78 is 21.9. The molecule has 0 bridgehead atoms. The first-order valence-corrected chi connectivity index (χ1v) is 15.2. The highest BCUT2D eigenvalue weighted by atomic mass is 32.2. The second kappa shape index (κ2) is 12.2. The lowest BCUT2D eigenvalue weighted by atomic mass is 9.73. The molecule has 1 amide bonds. The number of aliphatic hydroxyl groups excluding tert-OH is 1. The fraction of sp³-hybridized carbons (Fsp3) is 0.406. The molecule has 1 aliphatic carbocycles. The van der Waals surface area contributed by atoms with Gasteiger partial charge >= 0.3 is 0 Å². The summed E-state index contributed by atoms with van der Waals surface area (Å²) in [7, 11) is -1.19. The van der Waals surface area contributed by atoms with Crippen LogP contribution in [-0.4, -0.2) is 49.6 Å². The lowest BCUT2D eigenvalue weighted by Gasteiger charge is -2.44. The van der Waals surface area contributed by atoms with E-state index in [1.165, 1.54) is 11.1 Å². The van der Waals surface area contributed by atoms with Crippen LogP contribution in [0.15, 0.2) is 54.7 Å². The zero-order valence-corrected chi connectivity index (χ0v) is 25.0. The lowest BCUT2D eigenvalue weighted by Crippen LogP contribution is -2.48. The Morgan fingerprint density at radius 2 is 1.98 bits per heavy atom. The highest BCUT2D eigenvalue weighted by Gasteiger charge is 2.49. The van der Waals surface area contributed by atoms with E-state index in [1.807, 2.05) is 20.8 Å². The molecule has 1 spiro atoms. The normalized spacial score (nSPS) is 18.2. The van der Waals surface area contributed by atoms with E-state index in [0.29, 0.717) is 28.5 Å². The first-order valence-electron chi connectivity index (χ1n) is 14.1. The van der Waals surface area contributed by atoms with E-state index >= 15 is 0 Å². The van der Waals surface area contributed by atoms with Crippen molar-refractivity contribution in [2.45, 2.75) is 57.4 Å². The smallest absolute Gasteiger partial charge is 0.248 e. The summed E-state index contributed by atoms with van der Waals surface area (Å²) in [4.78, 5) is 22.7. The fourth-order valence-electron chi connectivity index (χ4n) is 5.73. The van der Waals surface area contributed by atoms with Gasteiger partial charge in [-0.15, -0.1) is 0 Å². The summed E-state index contributed by atoms with van der Waals surface area (Å²) in [5, 5.41) is 10.1. The van der Waals surface area contributed by atoms with Gasteiger partial charge in [-0.1, -0.05) is 36.3 Å². The number of nitrogens with two attached hydrogens (primary N) is 1. The number of hydrogen-bond donors (Lipinski definition) is 3. The number of benzene rings is 2. The van der Waals surface area contributed by atoms with Gasteiger partial charge in [-0.2, -0.15) is 0 Å². The second-order valence-electron chi connectivity index (χ2n) is 11.8. The highest BCUT2D eigenvalue weighted by Crippen LogP contribution is 2.52. The third kappa shape index (κ3) is 6.33. The third-order valence-electron chi connectivity index (χ3n) is 7.98. The summed E-state index contributed by atoms with van der Waals surface area (Å²) >= 11 is 0. The van der Waals surface area contributed by atoms with Crippen LogP contribution in [0.5, 0.6) is 5.75 Å². The Kier molecular flexibility index (Phi) is 8.64. The number of amides is 1. The third-order valence-corrected chi connectivity index (χ3v) is 9.54. The molecule has 0 saturated carbocycles. The number of fused-ring (bicyclic) bond motifs is 1. The predicted molar refractivity (Wildman–Crippen MR) is 163 cm³/mol. The number of carbonyl (C=O) groups excluding carboxylic acids is 1. The first kappa shape index (κ1) is 29.7. The molecule has 0 radical (unpaired) electrons. The van der Waals surface area contributed by atoms with Crippen molar-refractivity contribution in [3.8, 4) is 17.6 Å². The Morgan fingerprint density at radius 3 is 2.69 bits per heavy atom. The van der Waals surface area contributed by atoms with Crippen molar-refractivity contribution >= 4 is 22.7 Å². The SMILES string of the molecule is CC(C)(C)S(=O)NC1c2ccccc2CC12CCN(c1ncc(C#CCOc3cccc(C(N)=O)c3)nc1CO)CC2. The number of rotatable bonds is 7. The highest BCUT2D eigenvalue weighted by molar-refractivity contribution is 7.84. The topological polar surface area (TPSA) is 131 Å². The number of nitrogens with zero attached hydrogens (tertiary/aromatic N) is 3. The summed E-state index contributed by atoms with van der Waals surface area (Å²) in [5.41, 5.74) is 9.11. The Bertz CT molecular complexity index is 1550. The zero-order valence-electron chi connectivity index (χ0n) is 24.2. The summed E-state index contributed by atoms with van der Waals surface area (Å²) in [6.45, 7) is 7.31. The number of primary amides is 1. The van der Waals surface area contributed by atoms with Gasteiger partial charge in [0.2, 0.25) is 5.91 Å². The van der Waals surface area contributed by atoms with Gasteiger partial charge in [0, 0.05) is 18.7 Å². The van der Waals surface area contributed by atoms with Crippen molar-refractivity contribution in [1.29, 1.82) is 0 Å². The standard InChI is InChI=1S/C32H37N5O4S/c1-31(2,3)42(40)36-28-26-12-5-4-8-23(26)19-32(28)13-15-37(16-14-32)30-27(21-38)35-24(20-34-30)10-7-17-41-25-11-6-9-22(18-25)29(33)39/h4-6,8-9,11-12,18,20,28,36,38H,13-17,19,21H2,1-3H3,(H2,33,39). The predicted octanol–water partition coefficient (Wildman–Crippen LogP) is 3.43. The van der Waals surface area contributed by atoms with Gasteiger partial charge in [0.05, 0.1) is 34.6 Å². The Hall–Kier alpha value is -3.78. The molecular weight excluding hydrogens is 550 g/mol. The van der Waals surface area contributed by atoms with Crippen molar-refractivity contribution in [3.63, 3.8) is 0 Å². The average Bonchev–Trinajstić information content (AvgIpc) is 3.27. The number of aliphatic hydroxyl groups is 1. The van der Waals surface area contributed by atoms with Crippen LogP contribution in [0, 0.1) is 17.3 Å². The molecule has 3 aromatic rings. The van der Waals surface area contributed by atoms with Crippen LogP contribution < -0.4 is 20.1 Å². The molecule has 1 saturated heterocycles. The van der Waals surface area contributed by atoms with Gasteiger partial charge in [0.15, 0.2) is 5.82 Å². The molecule has 42 heavy (non-hydrogen) atoms. The molecule has 1 aliphatic heterocycles. The summed E-state index contributed by atoms with van der Waals surface area (Å²) in [6.07, 6.45) is 4.34. The van der Waals surface area contributed by atoms with Gasteiger partial charge in [0.1, 0.15) is 23.7 Å². The molecule has 5 rings (SSSR count). The van der Waals surface area contributed by atoms with E-state index in [4.69, 9.17) is 10.5 Å². The Labute approximate surface area is 249 Å². The number of hydrogen-bond acceptors (Lipinski definition) is 7. The molecule has 2 aliphatic rings. The van der Waals surface area contributed by atoms with E-state index in [9.17, 15) is 14.1 Å². The van der Waals surface area contributed by atoms with Gasteiger partial charge in [-0.25, -0.2) is 18.9 Å². The minimum Gasteiger partial charge on any atom is -0.481 e. The average molecular weight is 588 g/mol. The molecule has 4 N–H and O–H groups in total. The van der Waals surface area contributed by atoms with Crippen LogP contribution in [0.3, 0.4) is 0 Å². The molecule has 2 heterocycles. The fourth-order valence-corrected chi connectivity index (χ4v) is 6.67.